The highest BCUT2D eigenvalue weighted by atomic mass is 16.7. The molecular formula is C20H24O2. The monoisotopic (exact) mass is 296 g/mol. The Kier molecular flexibility index (Phi) is 5.63. The normalized spacial score (nSPS) is 21.6. The van der Waals surface area contributed by atoms with Gasteiger partial charge in [0.05, 0.1) is 12.7 Å². The molecule has 0 spiro atoms. The Morgan fingerprint density at radius 2 is 1.59 bits per heavy atom. The molecule has 1 aliphatic heterocycles. The quantitative estimate of drug-likeness (QED) is 0.706. The van der Waals surface area contributed by atoms with Crippen LogP contribution in [-0.4, -0.2) is 12.7 Å². The van der Waals surface area contributed by atoms with Gasteiger partial charge in [0.1, 0.15) is 0 Å². The first kappa shape index (κ1) is 15.3. The third kappa shape index (κ3) is 4.43. The van der Waals surface area contributed by atoms with Crippen molar-refractivity contribution in [1.82, 2.24) is 0 Å². The van der Waals surface area contributed by atoms with Crippen LogP contribution in [0.4, 0.5) is 0 Å². The molecule has 22 heavy (non-hydrogen) atoms. The largest absolute Gasteiger partial charge is 0.348 e. The maximum absolute atomic E-state index is 6.10. The smallest absolute Gasteiger partial charge is 0.184 e. The summed E-state index contributed by atoms with van der Waals surface area (Å²) in [5.41, 5.74) is 2.55. The van der Waals surface area contributed by atoms with E-state index in [0.29, 0.717) is 6.10 Å². The molecular weight excluding hydrogens is 272 g/mol. The molecule has 3 rings (SSSR count). The van der Waals surface area contributed by atoms with E-state index in [-0.39, 0.29) is 6.29 Å². The van der Waals surface area contributed by atoms with E-state index in [1.807, 2.05) is 18.2 Å². The molecule has 0 saturated carbocycles. The summed E-state index contributed by atoms with van der Waals surface area (Å²) in [6, 6.07) is 20.9. The lowest BCUT2D eigenvalue weighted by atomic mass is 10.0. The number of ether oxygens (including phenoxy) is 2. The standard InChI is InChI=1S/C20H24O2/c1-3-9-17(10-4-1)11-7-8-14-19-15-16-21-20(22-19)18-12-5-2-6-13-18/h1-6,9-10,12-13,19-20H,7-8,11,14-16H2/t19-,20+/m0/s1. The molecule has 1 heterocycles. The van der Waals surface area contributed by atoms with Gasteiger partial charge in [0.25, 0.3) is 0 Å². The molecule has 1 aliphatic rings. The molecule has 0 N–H and O–H groups in total. The minimum absolute atomic E-state index is 0.186. The van der Waals surface area contributed by atoms with Gasteiger partial charge in [0, 0.05) is 5.56 Å². The van der Waals surface area contributed by atoms with Crippen LogP contribution in [0.3, 0.4) is 0 Å². The molecule has 2 aromatic carbocycles. The maximum atomic E-state index is 6.10. The fraction of sp³-hybridized carbons (Fsp3) is 0.400. The second kappa shape index (κ2) is 8.11. The average Bonchev–Trinajstić information content (AvgIpc) is 2.61. The van der Waals surface area contributed by atoms with Crippen LogP contribution in [0.25, 0.3) is 0 Å². The highest BCUT2D eigenvalue weighted by Gasteiger charge is 2.23. The van der Waals surface area contributed by atoms with Gasteiger partial charge in [-0.15, -0.1) is 0 Å². The highest BCUT2D eigenvalue weighted by Crippen LogP contribution is 2.28. The molecule has 2 nitrogen and oxygen atoms in total. The topological polar surface area (TPSA) is 18.5 Å². The van der Waals surface area contributed by atoms with Crippen molar-refractivity contribution >= 4 is 0 Å². The van der Waals surface area contributed by atoms with Crippen molar-refractivity contribution < 1.29 is 9.47 Å². The van der Waals surface area contributed by atoms with Gasteiger partial charge in [0.2, 0.25) is 0 Å². The number of unbranched alkanes of at least 4 members (excludes halogenated alkanes) is 1. The molecule has 0 radical (unpaired) electrons. The Labute approximate surface area is 133 Å². The van der Waals surface area contributed by atoms with Crippen molar-refractivity contribution in [3.63, 3.8) is 0 Å². The summed E-state index contributed by atoms with van der Waals surface area (Å²) < 4.78 is 11.9. The van der Waals surface area contributed by atoms with Gasteiger partial charge in [-0.1, -0.05) is 67.1 Å². The first-order valence-corrected chi connectivity index (χ1v) is 8.28. The van der Waals surface area contributed by atoms with Crippen LogP contribution in [0.15, 0.2) is 60.7 Å². The SMILES string of the molecule is c1ccc(CCCC[C@H]2CCO[C@@H](c3ccccc3)O2)cc1. The molecule has 1 saturated heterocycles. The van der Waals surface area contributed by atoms with Crippen LogP contribution in [-0.2, 0) is 15.9 Å². The Balaban J connectivity index is 1.41. The van der Waals surface area contributed by atoms with Gasteiger partial charge in [-0.3, -0.25) is 0 Å². The van der Waals surface area contributed by atoms with E-state index in [1.165, 1.54) is 18.4 Å². The van der Waals surface area contributed by atoms with E-state index in [0.717, 1.165) is 31.4 Å². The molecule has 1 fully saturated rings. The van der Waals surface area contributed by atoms with E-state index in [2.05, 4.69) is 42.5 Å². The van der Waals surface area contributed by atoms with Crippen LogP contribution >= 0.6 is 0 Å². The molecule has 0 aromatic heterocycles. The van der Waals surface area contributed by atoms with E-state index in [1.54, 1.807) is 0 Å². The Morgan fingerprint density at radius 3 is 2.36 bits per heavy atom. The lowest BCUT2D eigenvalue weighted by Crippen LogP contribution is -2.27. The summed E-state index contributed by atoms with van der Waals surface area (Å²) in [4.78, 5) is 0. The van der Waals surface area contributed by atoms with Crippen molar-refractivity contribution in [2.24, 2.45) is 0 Å². The second-order valence-corrected chi connectivity index (χ2v) is 5.89. The van der Waals surface area contributed by atoms with E-state index >= 15 is 0 Å². The Morgan fingerprint density at radius 1 is 0.864 bits per heavy atom. The lowest BCUT2D eigenvalue weighted by Gasteiger charge is -2.30. The first-order chi connectivity index (χ1) is 10.9. The first-order valence-electron chi connectivity index (χ1n) is 8.28. The van der Waals surface area contributed by atoms with Crippen molar-refractivity contribution in [1.29, 1.82) is 0 Å². The summed E-state index contributed by atoms with van der Waals surface area (Å²) in [5, 5.41) is 0. The summed E-state index contributed by atoms with van der Waals surface area (Å²) in [7, 11) is 0. The predicted molar refractivity (Wildman–Crippen MR) is 88.6 cm³/mol. The van der Waals surface area contributed by atoms with Crippen molar-refractivity contribution in [2.45, 2.75) is 44.5 Å². The summed E-state index contributed by atoms with van der Waals surface area (Å²) in [6.45, 7) is 0.795. The average molecular weight is 296 g/mol. The van der Waals surface area contributed by atoms with Crippen LogP contribution in [0.2, 0.25) is 0 Å². The van der Waals surface area contributed by atoms with E-state index < -0.39 is 0 Å². The van der Waals surface area contributed by atoms with Gasteiger partial charge in [0.15, 0.2) is 6.29 Å². The van der Waals surface area contributed by atoms with Gasteiger partial charge in [-0.2, -0.15) is 0 Å². The zero-order chi connectivity index (χ0) is 15.0. The van der Waals surface area contributed by atoms with Crippen molar-refractivity contribution in [3.05, 3.63) is 71.8 Å². The molecule has 116 valence electrons. The third-order valence-electron chi connectivity index (χ3n) is 4.18. The van der Waals surface area contributed by atoms with Crippen molar-refractivity contribution in [3.8, 4) is 0 Å². The second-order valence-electron chi connectivity index (χ2n) is 5.89. The van der Waals surface area contributed by atoms with Gasteiger partial charge < -0.3 is 9.47 Å². The molecule has 2 heteroatoms. The van der Waals surface area contributed by atoms with Crippen LogP contribution in [0.5, 0.6) is 0 Å². The van der Waals surface area contributed by atoms with E-state index in [9.17, 15) is 0 Å². The molecule has 0 amide bonds. The highest BCUT2D eigenvalue weighted by molar-refractivity contribution is 5.16. The summed E-state index contributed by atoms with van der Waals surface area (Å²) >= 11 is 0. The molecule has 0 bridgehead atoms. The summed E-state index contributed by atoms with van der Waals surface area (Å²) in [5.74, 6) is 0. The molecule has 0 aliphatic carbocycles. The fourth-order valence-corrected chi connectivity index (χ4v) is 2.93. The summed E-state index contributed by atoms with van der Waals surface area (Å²) in [6.07, 6.45) is 5.87. The number of benzene rings is 2. The van der Waals surface area contributed by atoms with E-state index in [4.69, 9.17) is 9.47 Å². The molecule has 2 aromatic rings. The van der Waals surface area contributed by atoms with Crippen LogP contribution < -0.4 is 0 Å². The van der Waals surface area contributed by atoms with Crippen LogP contribution in [0, 0.1) is 0 Å². The molecule has 2 atom stereocenters. The zero-order valence-corrected chi connectivity index (χ0v) is 13.0. The van der Waals surface area contributed by atoms with Gasteiger partial charge >= 0.3 is 0 Å². The maximum Gasteiger partial charge on any atom is 0.184 e. The minimum Gasteiger partial charge on any atom is -0.348 e. The Hall–Kier alpha value is -1.64. The number of hydrogen-bond donors (Lipinski definition) is 0. The minimum atomic E-state index is -0.186. The number of rotatable bonds is 6. The predicted octanol–water partition coefficient (Wildman–Crippen LogP) is 4.90. The van der Waals surface area contributed by atoms with Crippen molar-refractivity contribution in [2.75, 3.05) is 6.61 Å². The Bertz CT molecular complexity index is 538. The van der Waals surface area contributed by atoms with Gasteiger partial charge in [-0.25, -0.2) is 0 Å². The number of aryl methyl sites for hydroxylation is 1. The molecule has 0 unspecified atom stereocenters. The zero-order valence-electron chi connectivity index (χ0n) is 13.0. The lowest BCUT2D eigenvalue weighted by molar-refractivity contribution is -0.218. The number of hydrogen-bond acceptors (Lipinski definition) is 2. The van der Waals surface area contributed by atoms with Crippen LogP contribution in [0.1, 0.15) is 43.1 Å². The third-order valence-corrected chi connectivity index (χ3v) is 4.18. The fourth-order valence-electron chi connectivity index (χ4n) is 2.93. The van der Waals surface area contributed by atoms with Gasteiger partial charge in [-0.05, 0) is 31.2 Å².